The highest BCUT2D eigenvalue weighted by Gasteiger charge is 2.27. The van der Waals surface area contributed by atoms with Gasteiger partial charge in [-0.15, -0.1) is 0 Å². The lowest BCUT2D eigenvalue weighted by molar-refractivity contribution is 0.136. The third-order valence-electron chi connectivity index (χ3n) is 5.79. The van der Waals surface area contributed by atoms with Crippen molar-refractivity contribution in [2.45, 2.75) is 32.8 Å². The zero-order chi connectivity index (χ0) is 18.8. The summed E-state index contributed by atoms with van der Waals surface area (Å²) in [6, 6.07) is 10.8. The molecule has 0 bridgehead atoms. The number of nitrogens with zero attached hydrogens (tertiary/aromatic N) is 4. The fourth-order valence-corrected chi connectivity index (χ4v) is 4.06. The highest BCUT2D eigenvalue weighted by Crippen LogP contribution is 2.28. The zero-order valence-electron chi connectivity index (χ0n) is 16.2. The summed E-state index contributed by atoms with van der Waals surface area (Å²) in [5.74, 6) is 2.29. The fourth-order valence-electron chi connectivity index (χ4n) is 4.06. The minimum atomic E-state index is -0.261. The molecule has 0 aliphatic carbocycles. The molecule has 1 aromatic carbocycles. The van der Waals surface area contributed by atoms with Gasteiger partial charge in [0.2, 0.25) is 0 Å². The van der Waals surface area contributed by atoms with Crippen LogP contribution in [0.3, 0.4) is 0 Å². The predicted octanol–water partition coefficient (Wildman–Crippen LogP) is 3.29. The van der Waals surface area contributed by atoms with Gasteiger partial charge in [0.05, 0.1) is 6.10 Å². The minimum Gasteiger partial charge on any atom is -0.393 e. The second-order valence-electron chi connectivity index (χ2n) is 7.76. The number of benzene rings is 1. The maximum Gasteiger partial charge on any atom is 0.134 e. The average molecular weight is 364 g/mol. The van der Waals surface area contributed by atoms with Crippen molar-refractivity contribution in [2.75, 3.05) is 36.0 Å². The molecule has 2 aliphatic rings. The number of hydrogen-bond donors (Lipinski definition) is 1. The molecule has 27 heavy (non-hydrogen) atoms. The Kier molecular flexibility index (Phi) is 5.12. The third kappa shape index (κ3) is 3.98. The molecule has 2 aliphatic heterocycles. The van der Waals surface area contributed by atoms with Crippen LogP contribution in [0.25, 0.3) is 5.57 Å². The Morgan fingerprint density at radius 3 is 2.59 bits per heavy atom. The van der Waals surface area contributed by atoms with Crippen LogP contribution in [0.2, 0.25) is 0 Å². The summed E-state index contributed by atoms with van der Waals surface area (Å²) in [4.78, 5) is 13.6. The molecule has 5 nitrogen and oxygen atoms in total. The Hall–Kier alpha value is -2.40. The average Bonchev–Trinajstić information content (AvgIpc) is 3.19. The molecule has 1 aromatic heterocycles. The van der Waals surface area contributed by atoms with Gasteiger partial charge in [0.15, 0.2) is 0 Å². The van der Waals surface area contributed by atoms with Gasteiger partial charge in [0, 0.05) is 38.2 Å². The molecule has 1 fully saturated rings. The van der Waals surface area contributed by atoms with Gasteiger partial charge in [-0.1, -0.05) is 35.9 Å². The Balaban J connectivity index is 1.46. The summed E-state index contributed by atoms with van der Waals surface area (Å²) in [5, 5.41) is 9.84. The first-order chi connectivity index (χ1) is 13.1. The molecule has 2 aromatic rings. The SMILES string of the molecule is Cc1cccc(C2=CCN(c3cc(N4CCC(C(C)O)C4)ncn3)CC2)c1. The fraction of sp³-hybridized carbons (Fsp3) is 0.455. The molecular weight excluding hydrogens is 336 g/mol. The molecule has 2 unspecified atom stereocenters. The topological polar surface area (TPSA) is 52.5 Å². The molecule has 0 amide bonds. The van der Waals surface area contributed by atoms with E-state index >= 15 is 0 Å². The standard InChI is InChI=1S/C22H28N4O/c1-16-4-3-5-19(12-16)18-6-9-25(10-7-18)21-13-22(24-15-23-21)26-11-8-20(14-26)17(2)27/h3-6,12-13,15,17,20,27H,7-11,14H2,1-2H3. The monoisotopic (exact) mass is 364 g/mol. The van der Waals surface area contributed by atoms with E-state index in [1.54, 1.807) is 6.33 Å². The van der Waals surface area contributed by atoms with Gasteiger partial charge in [-0.25, -0.2) is 9.97 Å². The number of hydrogen-bond acceptors (Lipinski definition) is 5. The van der Waals surface area contributed by atoms with Gasteiger partial charge in [-0.05, 0) is 37.8 Å². The van der Waals surface area contributed by atoms with Crippen molar-refractivity contribution >= 4 is 17.2 Å². The summed E-state index contributed by atoms with van der Waals surface area (Å²) in [6.45, 7) is 7.67. The number of aliphatic hydroxyl groups excluding tert-OH is 1. The molecule has 0 saturated carbocycles. The lowest BCUT2D eigenvalue weighted by atomic mass is 9.98. The lowest BCUT2D eigenvalue weighted by Gasteiger charge is -2.28. The first-order valence-corrected chi connectivity index (χ1v) is 9.86. The lowest BCUT2D eigenvalue weighted by Crippen LogP contribution is -2.30. The summed E-state index contributed by atoms with van der Waals surface area (Å²) >= 11 is 0. The van der Waals surface area contributed by atoms with Crippen molar-refractivity contribution in [3.8, 4) is 0 Å². The summed E-state index contributed by atoms with van der Waals surface area (Å²) < 4.78 is 0. The summed E-state index contributed by atoms with van der Waals surface area (Å²) in [7, 11) is 0. The third-order valence-corrected chi connectivity index (χ3v) is 5.79. The molecule has 1 saturated heterocycles. The van der Waals surface area contributed by atoms with Crippen LogP contribution in [0.15, 0.2) is 42.7 Å². The van der Waals surface area contributed by atoms with Crippen LogP contribution in [0.5, 0.6) is 0 Å². The molecule has 3 heterocycles. The van der Waals surface area contributed by atoms with Gasteiger partial charge in [0.1, 0.15) is 18.0 Å². The van der Waals surface area contributed by atoms with Crippen LogP contribution < -0.4 is 9.80 Å². The minimum absolute atomic E-state index is 0.261. The molecule has 0 radical (unpaired) electrons. The Morgan fingerprint density at radius 1 is 1.11 bits per heavy atom. The van der Waals surface area contributed by atoms with Gasteiger partial charge in [-0.2, -0.15) is 0 Å². The van der Waals surface area contributed by atoms with Gasteiger partial charge < -0.3 is 14.9 Å². The van der Waals surface area contributed by atoms with Crippen LogP contribution in [-0.2, 0) is 0 Å². The first kappa shape index (κ1) is 18.0. The number of rotatable bonds is 4. The van der Waals surface area contributed by atoms with Gasteiger partial charge in [0.25, 0.3) is 0 Å². The Labute approximate surface area is 161 Å². The van der Waals surface area contributed by atoms with Crippen molar-refractivity contribution in [3.05, 3.63) is 53.9 Å². The second kappa shape index (κ2) is 7.69. The van der Waals surface area contributed by atoms with E-state index in [1.165, 1.54) is 16.7 Å². The van der Waals surface area contributed by atoms with E-state index in [0.717, 1.165) is 50.7 Å². The van der Waals surface area contributed by atoms with E-state index in [1.807, 2.05) is 6.92 Å². The molecule has 4 rings (SSSR count). The molecule has 5 heteroatoms. The van der Waals surface area contributed by atoms with E-state index in [0.29, 0.717) is 5.92 Å². The number of aromatic nitrogens is 2. The smallest absolute Gasteiger partial charge is 0.134 e. The van der Waals surface area contributed by atoms with Crippen LogP contribution in [-0.4, -0.2) is 47.4 Å². The zero-order valence-corrected chi connectivity index (χ0v) is 16.2. The normalized spacial score (nSPS) is 21.3. The highest BCUT2D eigenvalue weighted by atomic mass is 16.3. The van der Waals surface area contributed by atoms with Crippen molar-refractivity contribution in [1.29, 1.82) is 0 Å². The van der Waals surface area contributed by atoms with Crippen molar-refractivity contribution < 1.29 is 5.11 Å². The van der Waals surface area contributed by atoms with E-state index in [2.05, 4.69) is 63.1 Å². The molecular formula is C22H28N4O. The summed E-state index contributed by atoms with van der Waals surface area (Å²) in [5.41, 5.74) is 4.06. The Bertz CT molecular complexity index is 833. The molecule has 142 valence electrons. The molecule has 2 atom stereocenters. The van der Waals surface area contributed by atoms with Gasteiger partial charge in [-0.3, -0.25) is 0 Å². The van der Waals surface area contributed by atoms with Crippen LogP contribution in [0, 0.1) is 12.8 Å². The van der Waals surface area contributed by atoms with E-state index in [-0.39, 0.29) is 6.10 Å². The van der Waals surface area contributed by atoms with E-state index in [9.17, 15) is 5.11 Å². The predicted molar refractivity (Wildman–Crippen MR) is 110 cm³/mol. The quantitative estimate of drug-likeness (QED) is 0.902. The largest absolute Gasteiger partial charge is 0.393 e. The van der Waals surface area contributed by atoms with Crippen LogP contribution in [0.4, 0.5) is 11.6 Å². The van der Waals surface area contributed by atoms with E-state index < -0.39 is 0 Å². The molecule has 1 N–H and O–H groups in total. The number of anilines is 2. The maximum atomic E-state index is 9.84. The van der Waals surface area contributed by atoms with Crippen molar-refractivity contribution in [1.82, 2.24) is 9.97 Å². The van der Waals surface area contributed by atoms with Crippen molar-refractivity contribution in [2.24, 2.45) is 5.92 Å². The molecule has 0 spiro atoms. The summed E-state index contributed by atoms with van der Waals surface area (Å²) in [6.07, 6.45) is 5.77. The van der Waals surface area contributed by atoms with Crippen LogP contribution >= 0.6 is 0 Å². The second-order valence-corrected chi connectivity index (χ2v) is 7.76. The number of aliphatic hydroxyl groups is 1. The maximum absolute atomic E-state index is 9.84. The Morgan fingerprint density at radius 2 is 1.93 bits per heavy atom. The van der Waals surface area contributed by atoms with Crippen molar-refractivity contribution in [3.63, 3.8) is 0 Å². The highest BCUT2D eigenvalue weighted by molar-refractivity contribution is 5.69. The first-order valence-electron chi connectivity index (χ1n) is 9.86. The van der Waals surface area contributed by atoms with Crippen LogP contribution in [0.1, 0.15) is 30.9 Å². The van der Waals surface area contributed by atoms with Gasteiger partial charge >= 0.3 is 0 Å². The van der Waals surface area contributed by atoms with E-state index in [4.69, 9.17) is 0 Å². The number of aryl methyl sites for hydroxylation is 1.